The topological polar surface area (TPSA) is 64.0 Å². The van der Waals surface area contributed by atoms with Crippen molar-refractivity contribution in [3.05, 3.63) is 22.7 Å². The summed E-state index contributed by atoms with van der Waals surface area (Å²) in [6.07, 6.45) is 4.88. The van der Waals surface area contributed by atoms with Gasteiger partial charge in [0.25, 0.3) is 5.56 Å². The number of anilines is 1. The average Bonchev–Trinajstić information content (AvgIpc) is 2.27. The summed E-state index contributed by atoms with van der Waals surface area (Å²) in [6.45, 7) is 4.86. The van der Waals surface area contributed by atoms with E-state index in [1.807, 2.05) is 13.8 Å². The van der Waals surface area contributed by atoms with E-state index in [1.165, 1.54) is 0 Å². The molecular formula is C10H17N3O2S. The van der Waals surface area contributed by atoms with Crippen molar-refractivity contribution in [2.24, 2.45) is 0 Å². The van der Waals surface area contributed by atoms with Crippen molar-refractivity contribution in [1.29, 1.82) is 0 Å². The summed E-state index contributed by atoms with van der Waals surface area (Å²) in [7, 11) is -0.897. The number of nitrogens with one attached hydrogen (secondary N) is 1. The first-order valence-corrected chi connectivity index (χ1v) is 6.80. The molecule has 0 aromatic carbocycles. The molecule has 0 aliphatic rings. The molecule has 2 unspecified atom stereocenters. The molecule has 0 saturated carbocycles. The maximum atomic E-state index is 11.7. The van der Waals surface area contributed by atoms with Crippen LogP contribution in [0.4, 0.5) is 5.82 Å². The molecule has 0 amide bonds. The third kappa shape index (κ3) is 3.16. The zero-order valence-corrected chi connectivity index (χ0v) is 10.6. The van der Waals surface area contributed by atoms with Crippen LogP contribution < -0.4 is 10.9 Å². The zero-order valence-electron chi connectivity index (χ0n) is 9.77. The van der Waals surface area contributed by atoms with Crippen LogP contribution in [0.25, 0.3) is 0 Å². The van der Waals surface area contributed by atoms with E-state index in [0.29, 0.717) is 18.9 Å². The normalized spacial score (nSPS) is 14.4. The monoisotopic (exact) mass is 243 g/mol. The lowest BCUT2D eigenvalue weighted by Crippen LogP contribution is -2.28. The Bertz CT molecular complexity index is 430. The largest absolute Gasteiger partial charge is 0.364 e. The van der Waals surface area contributed by atoms with Gasteiger partial charge in [0.1, 0.15) is 0 Å². The molecule has 5 nitrogen and oxygen atoms in total. The van der Waals surface area contributed by atoms with Gasteiger partial charge in [0.2, 0.25) is 0 Å². The second-order valence-corrected chi connectivity index (χ2v) is 5.36. The van der Waals surface area contributed by atoms with Gasteiger partial charge in [-0.2, -0.15) is 0 Å². The van der Waals surface area contributed by atoms with Crippen molar-refractivity contribution in [2.75, 3.05) is 18.1 Å². The first-order chi connectivity index (χ1) is 7.56. The number of nitrogens with zero attached hydrogens (tertiary/aromatic N) is 2. The molecule has 0 spiro atoms. The summed E-state index contributed by atoms with van der Waals surface area (Å²) in [5.74, 6) is 0.321. The second kappa shape index (κ2) is 5.79. The first kappa shape index (κ1) is 12.9. The van der Waals surface area contributed by atoms with Gasteiger partial charge >= 0.3 is 0 Å². The maximum Gasteiger partial charge on any atom is 0.293 e. The Morgan fingerprint density at radius 1 is 1.62 bits per heavy atom. The van der Waals surface area contributed by atoms with Crippen molar-refractivity contribution >= 4 is 16.6 Å². The van der Waals surface area contributed by atoms with Gasteiger partial charge in [-0.25, -0.2) is 4.98 Å². The minimum atomic E-state index is -0.897. The number of aryl methyl sites for hydroxylation is 1. The Morgan fingerprint density at radius 2 is 2.31 bits per heavy atom. The third-order valence-corrected chi connectivity index (χ3v) is 3.68. The van der Waals surface area contributed by atoms with Gasteiger partial charge in [0.05, 0.1) is 0 Å². The lowest BCUT2D eigenvalue weighted by molar-refractivity contribution is 0.678. The number of hydrogen-bond acceptors (Lipinski definition) is 4. The molecule has 1 rings (SSSR count). The number of aromatic nitrogens is 2. The first-order valence-electron chi connectivity index (χ1n) is 5.17. The molecule has 1 N–H and O–H groups in total. The van der Waals surface area contributed by atoms with Gasteiger partial charge in [-0.05, 0) is 13.8 Å². The smallest absolute Gasteiger partial charge is 0.293 e. The summed E-state index contributed by atoms with van der Waals surface area (Å²) >= 11 is 0. The van der Waals surface area contributed by atoms with E-state index in [9.17, 15) is 9.00 Å². The standard InChI is InChI=1S/C10H17N3O2S/c1-4-13-6-5-11-9(10(13)14)12-7-8(2)16(3)15/h5-6,8H,4,7H2,1-3H3,(H,11,12). The van der Waals surface area contributed by atoms with E-state index in [1.54, 1.807) is 23.2 Å². The average molecular weight is 243 g/mol. The third-order valence-electron chi connectivity index (χ3n) is 2.38. The van der Waals surface area contributed by atoms with Crippen LogP contribution in [0.5, 0.6) is 0 Å². The Labute approximate surface area is 97.4 Å². The lowest BCUT2D eigenvalue weighted by Gasteiger charge is -2.10. The van der Waals surface area contributed by atoms with Crippen LogP contribution in [0.2, 0.25) is 0 Å². The Morgan fingerprint density at radius 3 is 2.88 bits per heavy atom. The molecule has 1 heterocycles. The molecular weight excluding hydrogens is 226 g/mol. The van der Waals surface area contributed by atoms with Gasteiger partial charge in [0.15, 0.2) is 5.82 Å². The molecule has 1 aromatic heterocycles. The summed E-state index contributed by atoms with van der Waals surface area (Å²) in [6, 6.07) is 0. The van der Waals surface area contributed by atoms with Crippen LogP contribution in [0.1, 0.15) is 13.8 Å². The molecule has 0 bridgehead atoms. The fourth-order valence-corrected chi connectivity index (χ4v) is 1.49. The molecule has 6 heteroatoms. The van der Waals surface area contributed by atoms with Crippen LogP contribution in [0.3, 0.4) is 0 Å². The van der Waals surface area contributed by atoms with Crippen molar-refractivity contribution in [3.63, 3.8) is 0 Å². The summed E-state index contributed by atoms with van der Waals surface area (Å²) in [5, 5.41) is 2.93. The molecule has 0 aliphatic carbocycles. The SMILES string of the molecule is CCn1ccnc(NCC(C)S(C)=O)c1=O. The minimum Gasteiger partial charge on any atom is -0.364 e. The Kier molecular flexibility index (Phi) is 4.67. The van der Waals surface area contributed by atoms with Crippen molar-refractivity contribution < 1.29 is 4.21 Å². The summed E-state index contributed by atoms with van der Waals surface area (Å²) in [4.78, 5) is 15.7. The highest BCUT2D eigenvalue weighted by molar-refractivity contribution is 7.84. The molecule has 16 heavy (non-hydrogen) atoms. The summed E-state index contributed by atoms with van der Waals surface area (Å²) < 4.78 is 12.7. The highest BCUT2D eigenvalue weighted by atomic mass is 32.2. The van der Waals surface area contributed by atoms with E-state index in [-0.39, 0.29) is 10.8 Å². The Hall–Kier alpha value is -1.17. The van der Waals surface area contributed by atoms with Gasteiger partial charge < -0.3 is 9.88 Å². The van der Waals surface area contributed by atoms with Gasteiger partial charge in [-0.15, -0.1) is 0 Å². The highest BCUT2D eigenvalue weighted by Gasteiger charge is 2.08. The quantitative estimate of drug-likeness (QED) is 0.815. The van der Waals surface area contributed by atoms with Crippen molar-refractivity contribution in [3.8, 4) is 0 Å². The van der Waals surface area contributed by atoms with Crippen molar-refractivity contribution in [1.82, 2.24) is 9.55 Å². The van der Waals surface area contributed by atoms with E-state index in [2.05, 4.69) is 10.3 Å². The van der Waals surface area contributed by atoms with Gasteiger partial charge in [0, 0.05) is 47.8 Å². The highest BCUT2D eigenvalue weighted by Crippen LogP contribution is 1.97. The van der Waals surface area contributed by atoms with Gasteiger partial charge in [-0.1, -0.05) is 0 Å². The van der Waals surface area contributed by atoms with Gasteiger partial charge in [-0.3, -0.25) is 9.00 Å². The van der Waals surface area contributed by atoms with E-state index in [0.717, 1.165) is 0 Å². The van der Waals surface area contributed by atoms with E-state index >= 15 is 0 Å². The van der Waals surface area contributed by atoms with Crippen LogP contribution in [-0.2, 0) is 17.3 Å². The molecule has 0 radical (unpaired) electrons. The fraction of sp³-hybridized carbons (Fsp3) is 0.600. The van der Waals surface area contributed by atoms with Crippen LogP contribution in [0, 0.1) is 0 Å². The van der Waals surface area contributed by atoms with E-state index in [4.69, 9.17) is 0 Å². The maximum absolute atomic E-state index is 11.7. The zero-order chi connectivity index (χ0) is 12.1. The van der Waals surface area contributed by atoms with Crippen LogP contribution >= 0.6 is 0 Å². The fourth-order valence-electron chi connectivity index (χ4n) is 1.18. The Balaban J connectivity index is 2.75. The molecule has 0 fully saturated rings. The molecule has 1 aromatic rings. The van der Waals surface area contributed by atoms with Crippen molar-refractivity contribution in [2.45, 2.75) is 25.6 Å². The number of rotatable bonds is 5. The van der Waals surface area contributed by atoms with Crippen LogP contribution in [-0.4, -0.2) is 31.8 Å². The summed E-state index contributed by atoms with van der Waals surface area (Å²) in [5.41, 5.74) is -0.140. The number of hydrogen-bond donors (Lipinski definition) is 1. The minimum absolute atomic E-state index is 0.00326. The molecule has 0 aliphatic heterocycles. The predicted molar refractivity (Wildman–Crippen MR) is 66.2 cm³/mol. The second-order valence-electron chi connectivity index (χ2n) is 3.56. The molecule has 2 atom stereocenters. The predicted octanol–water partition coefficient (Wildman–Crippen LogP) is 0.442. The lowest BCUT2D eigenvalue weighted by atomic mass is 10.4. The van der Waals surface area contributed by atoms with E-state index < -0.39 is 10.8 Å². The molecule has 90 valence electrons. The van der Waals surface area contributed by atoms with Crippen LogP contribution in [0.15, 0.2) is 17.2 Å². The molecule has 0 saturated heterocycles.